The lowest BCUT2D eigenvalue weighted by Crippen LogP contribution is -2.37. The van der Waals surface area contributed by atoms with Crippen LogP contribution in [0.2, 0.25) is 0 Å². The zero-order valence-corrected chi connectivity index (χ0v) is 9.86. The summed E-state index contributed by atoms with van der Waals surface area (Å²) < 4.78 is 0. The number of nitrogens with two attached hydrogens (primary N) is 1. The lowest BCUT2D eigenvalue weighted by molar-refractivity contribution is 0.259. The van der Waals surface area contributed by atoms with Gasteiger partial charge in [0.2, 0.25) is 0 Å². The van der Waals surface area contributed by atoms with Gasteiger partial charge in [0, 0.05) is 11.5 Å². The van der Waals surface area contributed by atoms with Gasteiger partial charge in [0.25, 0.3) is 0 Å². The molecule has 0 amide bonds. The van der Waals surface area contributed by atoms with Crippen molar-refractivity contribution in [1.82, 2.24) is 0 Å². The molecule has 3 rings (SSSR count). The summed E-state index contributed by atoms with van der Waals surface area (Å²) in [5, 5.41) is 0. The Morgan fingerprint density at radius 1 is 1.19 bits per heavy atom. The highest BCUT2D eigenvalue weighted by molar-refractivity contribution is 5.33. The highest BCUT2D eigenvalue weighted by Crippen LogP contribution is 2.52. The first-order chi connectivity index (χ1) is 7.81. The van der Waals surface area contributed by atoms with E-state index < -0.39 is 0 Å². The van der Waals surface area contributed by atoms with E-state index in [4.69, 9.17) is 5.73 Å². The molecule has 1 heteroatoms. The van der Waals surface area contributed by atoms with Gasteiger partial charge in [-0.25, -0.2) is 0 Å². The molecule has 0 radical (unpaired) electrons. The molecule has 1 atom stereocenters. The van der Waals surface area contributed by atoms with Crippen LogP contribution in [-0.4, -0.2) is 6.04 Å². The van der Waals surface area contributed by atoms with Crippen LogP contribution in [0, 0.1) is 5.92 Å². The van der Waals surface area contributed by atoms with Crippen molar-refractivity contribution in [3.05, 3.63) is 35.9 Å². The Kier molecular flexibility index (Phi) is 2.51. The van der Waals surface area contributed by atoms with Crippen LogP contribution >= 0.6 is 0 Å². The first-order valence-corrected chi connectivity index (χ1v) is 6.62. The van der Waals surface area contributed by atoms with E-state index in [2.05, 4.69) is 30.3 Å². The Labute approximate surface area is 98.0 Å². The minimum atomic E-state index is 0.344. The Balaban J connectivity index is 1.72. The Bertz CT molecular complexity index is 349. The van der Waals surface area contributed by atoms with Crippen molar-refractivity contribution in [1.29, 1.82) is 0 Å². The van der Waals surface area contributed by atoms with Crippen molar-refractivity contribution < 1.29 is 0 Å². The summed E-state index contributed by atoms with van der Waals surface area (Å²) in [6.07, 6.45) is 8.09. The molecule has 0 bridgehead atoms. The molecule has 0 saturated heterocycles. The van der Waals surface area contributed by atoms with E-state index in [0.29, 0.717) is 11.5 Å². The summed E-state index contributed by atoms with van der Waals surface area (Å²) in [7, 11) is 0. The van der Waals surface area contributed by atoms with Gasteiger partial charge in [0.1, 0.15) is 0 Å². The van der Waals surface area contributed by atoms with Crippen LogP contribution in [0.5, 0.6) is 0 Å². The summed E-state index contributed by atoms with van der Waals surface area (Å²) in [5.74, 6) is 0.927. The van der Waals surface area contributed by atoms with Gasteiger partial charge >= 0.3 is 0 Å². The third-order valence-electron chi connectivity index (χ3n) is 4.66. The molecular formula is C15H21N. The second-order valence-electron chi connectivity index (χ2n) is 5.66. The maximum Gasteiger partial charge on any atom is 0.0139 e. The van der Waals surface area contributed by atoms with Crippen molar-refractivity contribution >= 4 is 0 Å². The monoisotopic (exact) mass is 215 g/mol. The van der Waals surface area contributed by atoms with Crippen LogP contribution in [0.4, 0.5) is 0 Å². The fraction of sp³-hybridized carbons (Fsp3) is 0.600. The van der Waals surface area contributed by atoms with Crippen molar-refractivity contribution in [2.24, 2.45) is 11.7 Å². The van der Waals surface area contributed by atoms with Crippen LogP contribution in [0.1, 0.15) is 44.1 Å². The van der Waals surface area contributed by atoms with Crippen LogP contribution in [-0.2, 0) is 5.41 Å². The Morgan fingerprint density at radius 2 is 1.88 bits per heavy atom. The Morgan fingerprint density at radius 3 is 2.38 bits per heavy atom. The summed E-state index contributed by atoms with van der Waals surface area (Å²) in [5.41, 5.74) is 8.27. The number of hydrogen-bond donors (Lipinski definition) is 1. The third-order valence-corrected chi connectivity index (χ3v) is 4.66. The van der Waals surface area contributed by atoms with Gasteiger partial charge in [0.05, 0.1) is 0 Å². The molecule has 0 spiro atoms. The molecule has 0 aliphatic heterocycles. The van der Waals surface area contributed by atoms with E-state index in [1.54, 1.807) is 0 Å². The standard InChI is InChI=1S/C15H21N/c16-14(11-12-5-4-6-12)15(9-10-15)13-7-2-1-3-8-13/h1-3,7-8,12,14H,4-6,9-11,16H2. The zero-order valence-electron chi connectivity index (χ0n) is 9.86. The van der Waals surface area contributed by atoms with E-state index in [1.807, 2.05) is 0 Å². The maximum absolute atomic E-state index is 6.46. The highest BCUT2D eigenvalue weighted by atomic mass is 14.7. The fourth-order valence-electron chi connectivity index (χ4n) is 3.09. The molecule has 2 aliphatic carbocycles. The maximum atomic E-state index is 6.46. The molecule has 2 N–H and O–H groups in total. The SMILES string of the molecule is NC(CC1CCC1)C1(c2ccccc2)CC1. The van der Waals surface area contributed by atoms with Gasteiger partial charge in [-0.1, -0.05) is 49.6 Å². The van der Waals surface area contributed by atoms with Crippen LogP contribution in [0.3, 0.4) is 0 Å². The second kappa shape index (κ2) is 3.89. The second-order valence-corrected chi connectivity index (χ2v) is 5.66. The molecule has 2 aliphatic rings. The minimum absolute atomic E-state index is 0.344. The zero-order chi connectivity index (χ0) is 11.0. The molecule has 1 aromatic carbocycles. The average molecular weight is 215 g/mol. The van der Waals surface area contributed by atoms with E-state index in [-0.39, 0.29) is 0 Å². The van der Waals surface area contributed by atoms with Gasteiger partial charge in [-0.2, -0.15) is 0 Å². The number of hydrogen-bond acceptors (Lipinski definition) is 1. The van der Waals surface area contributed by atoms with E-state index >= 15 is 0 Å². The minimum Gasteiger partial charge on any atom is -0.327 e. The smallest absolute Gasteiger partial charge is 0.0139 e. The summed E-state index contributed by atoms with van der Waals surface area (Å²) in [4.78, 5) is 0. The topological polar surface area (TPSA) is 26.0 Å². The van der Waals surface area contributed by atoms with Gasteiger partial charge in [-0.05, 0) is 30.7 Å². The first-order valence-electron chi connectivity index (χ1n) is 6.62. The van der Waals surface area contributed by atoms with Crippen molar-refractivity contribution in [3.63, 3.8) is 0 Å². The summed E-state index contributed by atoms with van der Waals surface area (Å²) in [6.45, 7) is 0. The van der Waals surface area contributed by atoms with Gasteiger partial charge in [-0.3, -0.25) is 0 Å². The molecular weight excluding hydrogens is 194 g/mol. The highest BCUT2D eigenvalue weighted by Gasteiger charge is 2.49. The molecule has 1 aromatic rings. The predicted molar refractivity (Wildman–Crippen MR) is 67.3 cm³/mol. The van der Waals surface area contributed by atoms with Crippen molar-refractivity contribution in [2.45, 2.75) is 50.0 Å². The van der Waals surface area contributed by atoms with E-state index in [0.717, 1.165) is 5.92 Å². The van der Waals surface area contributed by atoms with Crippen molar-refractivity contribution in [3.8, 4) is 0 Å². The fourth-order valence-corrected chi connectivity index (χ4v) is 3.09. The molecule has 1 nitrogen and oxygen atoms in total. The number of benzene rings is 1. The summed E-state index contributed by atoms with van der Waals surface area (Å²) >= 11 is 0. The van der Waals surface area contributed by atoms with Crippen LogP contribution in [0.15, 0.2) is 30.3 Å². The van der Waals surface area contributed by atoms with Gasteiger partial charge in [0.15, 0.2) is 0 Å². The molecule has 2 fully saturated rings. The van der Waals surface area contributed by atoms with Crippen LogP contribution in [0.25, 0.3) is 0 Å². The summed E-state index contributed by atoms with van der Waals surface area (Å²) in [6, 6.07) is 11.3. The first kappa shape index (κ1) is 10.3. The van der Waals surface area contributed by atoms with Gasteiger partial charge in [-0.15, -0.1) is 0 Å². The molecule has 2 saturated carbocycles. The van der Waals surface area contributed by atoms with E-state index in [1.165, 1.54) is 44.1 Å². The quantitative estimate of drug-likeness (QED) is 0.820. The predicted octanol–water partition coefficient (Wildman–Crippen LogP) is 3.24. The molecule has 16 heavy (non-hydrogen) atoms. The molecule has 1 unspecified atom stereocenters. The van der Waals surface area contributed by atoms with E-state index in [9.17, 15) is 0 Å². The average Bonchev–Trinajstić information content (AvgIpc) is 3.06. The molecule has 0 heterocycles. The lowest BCUT2D eigenvalue weighted by Gasteiger charge is -2.32. The number of rotatable bonds is 4. The van der Waals surface area contributed by atoms with Crippen molar-refractivity contribution in [2.75, 3.05) is 0 Å². The lowest BCUT2D eigenvalue weighted by atomic mass is 9.76. The third kappa shape index (κ3) is 1.67. The molecule has 0 aromatic heterocycles. The van der Waals surface area contributed by atoms with Gasteiger partial charge < -0.3 is 5.73 Å². The normalized spacial score (nSPS) is 24.8. The molecule has 86 valence electrons. The largest absolute Gasteiger partial charge is 0.327 e. The Hall–Kier alpha value is -0.820. The van der Waals surface area contributed by atoms with Crippen LogP contribution < -0.4 is 5.73 Å².